The average molecular weight is 366 g/mol. The van der Waals surface area contributed by atoms with Gasteiger partial charge in [-0.25, -0.2) is 4.79 Å². The first kappa shape index (κ1) is 18.4. The molecule has 0 fully saturated rings. The molecule has 0 amide bonds. The smallest absolute Gasteiger partial charge is 0.368 e. The molecule has 0 saturated heterocycles. The highest BCUT2D eigenvalue weighted by atomic mass is 16.5. The zero-order valence-corrected chi connectivity index (χ0v) is 15.9. The summed E-state index contributed by atoms with van der Waals surface area (Å²) in [7, 11) is 3.13. The third-order valence-corrected chi connectivity index (χ3v) is 4.32. The highest BCUT2D eigenvalue weighted by Gasteiger charge is 2.16. The topological polar surface area (TPSA) is 71.2 Å². The van der Waals surface area contributed by atoms with Crippen LogP contribution in [0.5, 0.6) is 11.5 Å². The predicted octanol–water partition coefficient (Wildman–Crippen LogP) is 2.90. The molecular formula is C20H22N4O3. The number of allylic oxidation sites excluding steroid dienone is 1. The molecule has 0 spiro atoms. The van der Waals surface area contributed by atoms with Gasteiger partial charge in [0.25, 0.3) is 0 Å². The number of aryl methyl sites for hydroxylation is 2. The summed E-state index contributed by atoms with van der Waals surface area (Å²) >= 11 is 0. The van der Waals surface area contributed by atoms with E-state index >= 15 is 0 Å². The second-order valence-corrected chi connectivity index (χ2v) is 6.30. The molecule has 7 nitrogen and oxygen atoms in total. The minimum Gasteiger partial charge on any atom is -0.496 e. The van der Waals surface area contributed by atoms with Gasteiger partial charge >= 0.3 is 5.69 Å². The summed E-state index contributed by atoms with van der Waals surface area (Å²) in [6.07, 6.45) is 0. The predicted molar refractivity (Wildman–Crippen MR) is 103 cm³/mol. The zero-order chi connectivity index (χ0) is 19.6. The van der Waals surface area contributed by atoms with Gasteiger partial charge in [-0.1, -0.05) is 24.3 Å². The van der Waals surface area contributed by atoms with Crippen LogP contribution in [0.3, 0.4) is 0 Å². The van der Waals surface area contributed by atoms with Crippen molar-refractivity contribution in [3.63, 3.8) is 0 Å². The van der Waals surface area contributed by atoms with E-state index in [1.807, 2.05) is 38.1 Å². The van der Waals surface area contributed by atoms with Crippen LogP contribution in [0, 0.1) is 6.92 Å². The number of nitrogens with zero attached hydrogens (tertiary/aromatic N) is 4. The van der Waals surface area contributed by atoms with Gasteiger partial charge in [-0.15, -0.1) is 0 Å². The van der Waals surface area contributed by atoms with Crippen LogP contribution < -0.4 is 15.2 Å². The first-order valence-electron chi connectivity index (χ1n) is 8.47. The summed E-state index contributed by atoms with van der Waals surface area (Å²) in [6.45, 7) is 8.13. The van der Waals surface area contributed by atoms with Gasteiger partial charge in [0.2, 0.25) is 0 Å². The molecule has 0 bridgehead atoms. The van der Waals surface area contributed by atoms with E-state index in [1.165, 1.54) is 9.36 Å². The highest BCUT2D eigenvalue weighted by Crippen LogP contribution is 2.28. The van der Waals surface area contributed by atoms with Crippen LogP contribution in [-0.4, -0.2) is 26.9 Å². The van der Waals surface area contributed by atoms with Gasteiger partial charge in [0, 0.05) is 7.05 Å². The Labute approximate surface area is 157 Å². The lowest BCUT2D eigenvalue weighted by molar-refractivity contribution is 0.294. The van der Waals surface area contributed by atoms with Crippen molar-refractivity contribution in [2.24, 2.45) is 7.05 Å². The minimum absolute atomic E-state index is 0.218. The van der Waals surface area contributed by atoms with Crippen LogP contribution in [-0.2, 0) is 13.7 Å². The van der Waals surface area contributed by atoms with Crippen molar-refractivity contribution in [1.82, 2.24) is 19.8 Å². The number of hydrogen-bond donors (Lipinski definition) is 0. The molecule has 0 aliphatic rings. The van der Waals surface area contributed by atoms with E-state index in [4.69, 9.17) is 9.47 Å². The summed E-state index contributed by atoms with van der Waals surface area (Å²) in [5.74, 6) is 1.37. The van der Waals surface area contributed by atoms with Gasteiger partial charge < -0.3 is 9.47 Å². The Morgan fingerprint density at radius 2 is 1.96 bits per heavy atom. The molecule has 1 aromatic heterocycles. The molecule has 0 aliphatic heterocycles. The van der Waals surface area contributed by atoms with Gasteiger partial charge in [-0.3, -0.25) is 0 Å². The van der Waals surface area contributed by atoms with E-state index < -0.39 is 0 Å². The van der Waals surface area contributed by atoms with Crippen molar-refractivity contribution >= 4 is 5.57 Å². The number of hydrogen-bond acceptors (Lipinski definition) is 5. The quantitative estimate of drug-likeness (QED) is 0.671. The second kappa shape index (κ2) is 7.49. The lowest BCUT2D eigenvalue weighted by Crippen LogP contribution is -2.23. The molecule has 0 radical (unpaired) electrons. The van der Waals surface area contributed by atoms with Crippen LogP contribution in [0.2, 0.25) is 0 Å². The van der Waals surface area contributed by atoms with E-state index in [1.54, 1.807) is 26.3 Å². The Morgan fingerprint density at radius 1 is 1.19 bits per heavy atom. The average Bonchev–Trinajstić information content (AvgIpc) is 2.99. The molecule has 0 atom stereocenters. The molecule has 7 heteroatoms. The zero-order valence-electron chi connectivity index (χ0n) is 15.9. The largest absolute Gasteiger partial charge is 0.496 e. The van der Waals surface area contributed by atoms with E-state index in [2.05, 4.69) is 17.0 Å². The molecule has 0 N–H and O–H groups in total. The summed E-state index contributed by atoms with van der Waals surface area (Å²) in [5.41, 5.74) is 4.02. The standard InChI is InChI=1S/C20H22N4O3/c1-13(2)15-9-10-18(14(3)11-15)27-12-16-17(7-6-8-19(16)26-5)24-20(25)23(4)21-22-24/h6-11H,1,12H2,2-5H3. The van der Waals surface area contributed by atoms with Crippen molar-refractivity contribution in [3.05, 3.63) is 70.2 Å². The molecule has 1 heterocycles. The van der Waals surface area contributed by atoms with Crippen LogP contribution in [0.4, 0.5) is 0 Å². The number of rotatable bonds is 6. The molecule has 0 saturated carbocycles. The number of benzene rings is 2. The van der Waals surface area contributed by atoms with Crippen molar-refractivity contribution < 1.29 is 9.47 Å². The van der Waals surface area contributed by atoms with Gasteiger partial charge in [-0.2, -0.15) is 9.36 Å². The van der Waals surface area contributed by atoms with Crippen LogP contribution >= 0.6 is 0 Å². The van der Waals surface area contributed by atoms with Gasteiger partial charge in [0.15, 0.2) is 0 Å². The molecule has 27 heavy (non-hydrogen) atoms. The number of methoxy groups -OCH3 is 1. The Morgan fingerprint density at radius 3 is 2.56 bits per heavy atom. The van der Waals surface area contributed by atoms with Gasteiger partial charge in [0.1, 0.15) is 18.1 Å². The van der Waals surface area contributed by atoms with Crippen molar-refractivity contribution in [2.45, 2.75) is 20.5 Å². The van der Waals surface area contributed by atoms with E-state index in [0.29, 0.717) is 17.0 Å². The molecule has 3 aromatic rings. The molecule has 0 unspecified atom stereocenters. The summed E-state index contributed by atoms with van der Waals surface area (Å²) in [6, 6.07) is 11.3. The molecular weight excluding hydrogens is 344 g/mol. The number of aromatic nitrogens is 4. The van der Waals surface area contributed by atoms with Gasteiger partial charge in [-0.05, 0) is 59.7 Å². The Balaban J connectivity index is 1.96. The fraction of sp³-hybridized carbons (Fsp3) is 0.250. The summed E-state index contributed by atoms with van der Waals surface area (Å²) in [4.78, 5) is 12.3. The molecule has 3 rings (SSSR count). The first-order chi connectivity index (χ1) is 12.9. The van der Waals surface area contributed by atoms with Gasteiger partial charge in [0.05, 0.1) is 18.4 Å². The summed E-state index contributed by atoms with van der Waals surface area (Å²) in [5, 5.41) is 7.70. The van der Waals surface area contributed by atoms with E-state index in [0.717, 1.165) is 22.4 Å². The monoisotopic (exact) mass is 366 g/mol. The van der Waals surface area contributed by atoms with E-state index in [-0.39, 0.29) is 12.3 Å². The molecule has 2 aromatic carbocycles. The maximum Gasteiger partial charge on any atom is 0.368 e. The Bertz CT molecular complexity index is 1050. The number of tetrazole rings is 1. The third-order valence-electron chi connectivity index (χ3n) is 4.32. The second-order valence-electron chi connectivity index (χ2n) is 6.30. The highest BCUT2D eigenvalue weighted by molar-refractivity contribution is 5.63. The Kier molecular flexibility index (Phi) is 5.12. The fourth-order valence-electron chi connectivity index (χ4n) is 2.78. The SMILES string of the molecule is C=C(C)c1ccc(OCc2c(OC)cccc2-n2nnn(C)c2=O)c(C)c1. The number of ether oxygens (including phenoxy) is 2. The lowest BCUT2D eigenvalue weighted by atomic mass is 10.1. The lowest BCUT2D eigenvalue weighted by Gasteiger charge is -2.15. The van der Waals surface area contributed by atoms with Crippen molar-refractivity contribution in [2.75, 3.05) is 7.11 Å². The third kappa shape index (κ3) is 3.62. The van der Waals surface area contributed by atoms with Crippen LogP contribution in [0.15, 0.2) is 47.8 Å². The minimum atomic E-state index is -0.341. The first-order valence-corrected chi connectivity index (χ1v) is 8.47. The van der Waals surface area contributed by atoms with E-state index in [9.17, 15) is 4.79 Å². The summed E-state index contributed by atoms with van der Waals surface area (Å²) < 4.78 is 13.9. The van der Waals surface area contributed by atoms with Crippen molar-refractivity contribution in [3.8, 4) is 17.2 Å². The fourth-order valence-corrected chi connectivity index (χ4v) is 2.78. The van der Waals surface area contributed by atoms with Crippen LogP contribution in [0.25, 0.3) is 11.3 Å². The normalized spacial score (nSPS) is 10.7. The molecule has 0 aliphatic carbocycles. The maximum atomic E-state index is 12.3. The molecule has 140 valence electrons. The van der Waals surface area contributed by atoms with Crippen molar-refractivity contribution in [1.29, 1.82) is 0 Å². The van der Waals surface area contributed by atoms with Crippen LogP contribution in [0.1, 0.15) is 23.6 Å². The Hall–Kier alpha value is -3.35. The maximum absolute atomic E-state index is 12.3.